The Balaban J connectivity index is 2.60. The summed E-state index contributed by atoms with van der Waals surface area (Å²) in [6.07, 6.45) is 1.54. The van der Waals surface area contributed by atoms with Gasteiger partial charge in [0.15, 0.2) is 0 Å². The van der Waals surface area contributed by atoms with Crippen LogP contribution in [0.5, 0.6) is 5.75 Å². The van der Waals surface area contributed by atoms with Crippen LogP contribution in [0.3, 0.4) is 0 Å². The molecule has 0 aliphatic carbocycles. The molecule has 0 saturated carbocycles. The largest absolute Gasteiger partial charge is 0.489 e. The Morgan fingerprint density at radius 2 is 2.14 bits per heavy atom. The second-order valence-electron chi connectivity index (χ2n) is 2.49. The topological polar surface area (TPSA) is 35.2 Å². The van der Waals surface area contributed by atoms with Gasteiger partial charge >= 0.3 is 0 Å². The van der Waals surface area contributed by atoms with E-state index in [1.54, 1.807) is 18.2 Å². The Kier molecular flexibility index (Phi) is 4.39. The fourth-order valence-corrected chi connectivity index (χ4v) is 1.10. The number of anilines is 1. The van der Waals surface area contributed by atoms with Crippen molar-refractivity contribution in [3.05, 3.63) is 33.8 Å². The van der Waals surface area contributed by atoms with Crippen LogP contribution >= 0.6 is 34.8 Å². The lowest BCUT2D eigenvalue weighted by molar-refractivity contribution is 0.363. The third kappa shape index (κ3) is 3.66. The van der Waals surface area contributed by atoms with Gasteiger partial charge in [0, 0.05) is 6.07 Å². The molecule has 0 fully saturated rings. The summed E-state index contributed by atoms with van der Waals surface area (Å²) in [5.41, 5.74) is 6.04. The minimum atomic E-state index is 0.173. The predicted octanol–water partition coefficient (Wildman–Crippen LogP) is 3.62. The number of nitrogen functional groups attached to an aromatic ring is 1. The highest BCUT2D eigenvalue weighted by molar-refractivity contribution is 6.55. The molecular weight excluding hydrogens is 244 g/mol. The third-order valence-electron chi connectivity index (χ3n) is 1.46. The van der Waals surface area contributed by atoms with E-state index in [0.29, 0.717) is 23.1 Å². The number of benzene rings is 1. The molecule has 0 radical (unpaired) electrons. The van der Waals surface area contributed by atoms with Crippen molar-refractivity contribution >= 4 is 40.5 Å². The quantitative estimate of drug-likeness (QED) is 0.834. The Morgan fingerprint density at radius 3 is 2.71 bits per heavy atom. The van der Waals surface area contributed by atoms with Crippen LogP contribution in [0.15, 0.2) is 28.8 Å². The highest BCUT2D eigenvalue weighted by Crippen LogP contribution is 2.24. The zero-order chi connectivity index (χ0) is 10.6. The first-order chi connectivity index (χ1) is 6.59. The Labute approximate surface area is 97.2 Å². The lowest BCUT2D eigenvalue weighted by atomic mass is 10.3. The monoisotopic (exact) mass is 251 g/mol. The zero-order valence-corrected chi connectivity index (χ0v) is 9.40. The first-order valence-electron chi connectivity index (χ1n) is 3.78. The number of hydrogen-bond acceptors (Lipinski definition) is 2. The summed E-state index contributed by atoms with van der Waals surface area (Å²) in [5, 5.41) is 0.462. The molecule has 0 aliphatic rings. The molecule has 2 N–H and O–H groups in total. The molecule has 0 heterocycles. The van der Waals surface area contributed by atoms with Gasteiger partial charge in [-0.25, -0.2) is 0 Å². The van der Waals surface area contributed by atoms with Crippen molar-refractivity contribution in [2.24, 2.45) is 0 Å². The second-order valence-corrected chi connectivity index (χ2v) is 3.90. The number of hydrogen-bond donors (Lipinski definition) is 1. The molecule has 0 aromatic heterocycles. The van der Waals surface area contributed by atoms with Crippen molar-refractivity contribution in [3.8, 4) is 5.75 Å². The summed E-state index contributed by atoms with van der Waals surface area (Å²) < 4.78 is 5.44. The van der Waals surface area contributed by atoms with E-state index in [1.807, 2.05) is 0 Å². The molecular formula is C9H8Cl3NO. The van der Waals surface area contributed by atoms with E-state index in [0.717, 1.165) is 0 Å². The highest BCUT2D eigenvalue weighted by atomic mass is 35.5. The fourth-order valence-electron chi connectivity index (χ4n) is 0.799. The number of ether oxygens (including phenoxy) is 1. The average Bonchev–Trinajstić information content (AvgIpc) is 2.10. The Morgan fingerprint density at radius 1 is 1.43 bits per heavy atom. The lowest BCUT2D eigenvalue weighted by Crippen LogP contribution is -1.94. The molecule has 1 aromatic rings. The van der Waals surface area contributed by atoms with Gasteiger partial charge in [-0.3, -0.25) is 0 Å². The van der Waals surface area contributed by atoms with E-state index >= 15 is 0 Å². The molecule has 0 bridgehead atoms. The number of halogens is 3. The van der Waals surface area contributed by atoms with Gasteiger partial charge in [0.2, 0.25) is 0 Å². The number of nitrogens with two attached hydrogens (primary N) is 1. The van der Waals surface area contributed by atoms with Gasteiger partial charge in [-0.15, -0.1) is 0 Å². The standard InChI is InChI=1S/C9H8Cl3NO/c10-7-5-6(1-2-8(7)13)14-4-3-9(11)12/h1-3,5H,4,13H2. The van der Waals surface area contributed by atoms with Crippen LogP contribution in [0.2, 0.25) is 5.02 Å². The first kappa shape index (κ1) is 11.5. The van der Waals surface area contributed by atoms with Crippen molar-refractivity contribution in [1.29, 1.82) is 0 Å². The minimum absolute atomic E-state index is 0.173. The molecule has 0 aliphatic heterocycles. The van der Waals surface area contributed by atoms with Gasteiger partial charge in [0.05, 0.1) is 10.7 Å². The normalized spacial score (nSPS) is 9.64. The molecule has 1 rings (SSSR count). The SMILES string of the molecule is Nc1ccc(OCC=C(Cl)Cl)cc1Cl. The van der Waals surface area contributed by atoms with Crippen LogP contribution in [-0.2, 0) is 0 Å². The molecule has 14 heavy (non-hydrogen) atoms. The molecule has 0 saturated heterocycles. The van der Waals surface area contributed by atoms with Gasteiger partial charge in [0.25, 0.3) is 0 Å². The fraction of sp³-hybridized carbons (Fsp3) is 0.111. The van der Waals surface area contributed by atoms with Crippen LogP contribution < -0.4 is 10.5 Å². The Bertz CT molecular complexity index is 348. The Hall–Kier alpha value is -0.570. The van der Waals surface area contributed by atoms with E-state index in [9.17, 15) is 0 Å². The summed E-state index contributed by atoms with van der Waals surface area (Å²) in [7, 11) is 0. The van der Waals surface area contributed by atoms with Crippen LogP contribution in [0.1, 0.15) is 0 Å². The van der Waals surface area contributed by atoms with E-state index in [2.05, 4.69) is 0 Å². The molecule has 2 nitrogen and oxygen atoms in total. The van der Waals surface area contributed by atoms with Crippen molar-refractivity contribution in [3.63, 3.8) is 0 Å². The minimum Gasteiger partial charge on any atom is -0.489 e. The zero-order valence-electron chi connectivity index (χ0n) is 7.14. The maximum Gasteiger partial charge on any atom is 0.121 e. The van der Waals surface area contributed by atoms with E-state index in [4.69, 9.17) is 45.3 Å². The van der Waals surface area contributed by atoms with Gasteiger partial charge in [-0.1, -0.05) is 34.8 Å². The van der Waals surface area contributed by atoms with Crippen molar-refractivity contribution in [2.45, 2.75) is 0 Å². The second kappa shape index (κ2) is 5.35. The molecule has 1 aromatic carbocycles. The first-order valence-corrected chi connectivity index (χ1v) is 4.92. The highest BCUT2D eigenvalue weighted by Gasteiger charge is 1.98. The summed E-state index contributed by atoms with van der Waals surface area (Å²) >= 11 is 16.6. The van der Waals surface area contributed by atoms with Crippen molar-refractivity contribution < 1.29 is 4.74 Å². The average molecular weight is 253 g/mol. The third-order valence-corrected chi connectivity index (χ3v) is 2.10. The molecule has 76 valence electrons. The van der Waals surface area contributed by atoms with Crippen molar-refractivity contribution in [2.75, 3.05) is 12.3 Å². The molecule has 5 heteroatoms. The van der Waals surface area contributed by atoms with E-state index in [-0.39, 0.29) is 4.49 Å². The van der Waals surface area contributed by atoms with E-state index < -0.39 is 0 Å². The van der Waals surface area contributed by atoms with Crippen molar-refractivity contribution in [1.82, 2.24) is 0 Å². The van der Waals surface area contributed by atoms with Crippen LogP contribution in [-0.4, -0.2) is 6.61 Å². The molecule has 0 amide bonds. The molecule has 0 unspecified atom stereocenters. The predicted molar refractivity (Wildman–Crippen MR) is 61.1 cm³/mol. The smallest absolute Gasteiger partial charge is 0.121 e. The summed E-state index contributed by atoms with van der Waals surface area (Å²) in [6.45, 7) is 0.294. The van der Waals surface area contributed by atoms with Gasteiger partial charge in [-0.2, -0.15) is 0 Å². The molecule has 0 atom stereocenters. The van der Waals surface area contributed by atoms with Gasteiger partial charge in [0.1, 0.15) is 16.8 Å². The van der Waals surface area contributed by atoms with E-state index in [1.165, 1.54) is 6.08 Å². The molecule has 0 spiro atoms. The summed E-state index contributed by atoms with van der Waals surface area (Å²) in [4.78, 5) is 0. The van der Waals surface area contributed by atoms with Gasteiger partial charge < -0.3 is 10.5 Å². The van der Waals surface area contributed by atoms with Crippen LogP contribution in [0, 0.1) is 0 Å². The maximum atomic E-state index is 5.78. The summed E-state index contributed by atoms with van der Waals surface area (Å²) in [6, 6.07) is 5.02. The van der Waals surface area contributed by atoms with Crippen LogP contribution in [0.4, 0.5) is 5.69 Å². The number of rotatable bonds is 3. The maximum absolute atomic E-state index is 5.78. The van der Waals surface area contributed by atoms with Crippen LogP contribution in [0.25, 0.3) is 0 Å². The summed E-state index contributed by atoms with van der Waals surface area (Å²) in [5.74, 6) is 0.620. The lowest BCUT2D eigenvalue weighted by Gasteiger charge is -2.04. The van der Waals surface area contributed by atoms with Gasteiger partial charge in [-0.05, 0) is 18.2 Å².